The lowest BCUT2D eigenvalue weighted by Crippen LogP contribution is -2.28. The van der Waals surface area contributed by atoms with Crippen molar-refractivity contribution in [2.75, 3.05) is 0 Å². The van der Waals surface area contributed by atoms with E-state index in [1.165, 1.54) is 0 Å². The van der Waals surface area contributed by atoms with Gasteiger partial charge < -0.3 is 35.3 Å². The number of nitrogens with one attached hydrogen (secondary N) is 1. The molecule has 1 saturated heterocycles. The van der Waals surface area contributed by atoms with Gasteiger partial charge in [0.2, 0.25) is 0 Å². The molecule has 0 saturated carbocycles. The van der Waals surface area contributed by atoms with Gasteiger partial charge in [-0.3, -0.25) is 0 Å². The number of aliphatic carboxylic acids is 3. The summed E-state index contributed by atoms with van der Waals surface area (Å²) in [6, 6.07) is 0. The van der Waals surface area contributed by atoms with Gasteiger partial charge in [-0.05, 0) is 73.6 Å². The van der Waals surface area contributed by atoms with Crippen molar-refractivity contribution in [3.8, 4) is 0 Å². The second-order valence-corrected chi connectivity index (χ2v) is 11.3. The lowest BCUT2D eigenvalue weighted by molar-refractivity contribution is -0.306. The molecule has 0 aromatic heterocycles. The Bertz CT molecular complexity index is 1820. The number of aliphatic imine (C=N–C) groups is 3. The molecule has 0 unspecified atom stereocenters. The van der Waals surface area contributed by atoms with Gasteiger partial charge in [-0.25, -0.2) is 19.8 Å². The number of nitrogens with zero attached hydrogens (tertiary/aromatic N) is 3. The number of fused-ring (bicyclic) bond motifs is 5. The Morgan fingerprint density at radius 2 is 1.73 bits per heavy atom. The first kappa shape index (κ1) is 31.1. The molecule has 5 rings (SSSR count). The Labute approximate surface area is 259 Å². The second kappa shape index (κ2) is 12.0. The van der Waals surface area contributed by atoms with Gasteiger partial charge in [0.25, 0.3) is 0 Å². The van der Waals surface area contributed by atoms with E-state index >= 15 is 0 Å². The van der Waals surface area contributed by atoms with Crippen molar-refractivity contribution in [2.24, 2.45) is 26.8 Å². The highest BCUT2D eigenvalue weighted by Crippen LogP contribution is 2.42. The predicted octanol–water partition coefficient (Wildman–Crippen LogP) is 1.61. The molecule has 8 bridgehead atoms. The standard InChI is InChI=1S/C34H34N4O7/c1-6-18-15(3)23-11-24-16(4)20(8-9-29(40)41)32(37-24)21(10-30(42)43)33-31(34(44)45)17(5)25(38-33)12-27-19(7-2)22(14-39)28(36-27)13-26(18)35-23/h6,11-14,16,20,37,39H,1,7-10H2,2-5H3,(H,40,41)(H,42,43)(H,44,45)/p-3/t16-,20-/m0/s1. The molecule has 0 aromatic rings. The van der Waals surface area contributed by atoms with Crippen molar-refractivity contribution >= 4 is 35.0 Å². The zero-order valence-corrected chi connectivity index (χ0v) is 25.3. The monoisotopic (exact) mass is 607 g/mol. The van der Waals surface area contributed by atoms with E-state index in [4.69, 9.17) is 9.98 Å². The van der Waals surface area contributed by atoms with Gasteiger partial charge in [-0.2, -0.15) is 0 Å². The number of carboxylic acid groups (broad SMARTS) is 3. The van der Waals surface area contributed by atoms with Crippen LogP contribution in [-0.2, 0) is 14.4 Å². The molecular weight excluding hydrogens is 576 g/mol. The Morgan fingerprint density at radius 3 is 2.33 bits per heavy atom. The molecule has 5 aliphatic rings. The molecule has 0 aliphatic carbocycles. The Balaban J connectivity index is 1.88. The molecule has 0 radical (unpaired) electrons. The van der Waals surface area contributed by atoms with Gasteiger partial charge in [0.05, 0.1) is 39.8 Å². The van der Waals surface area contributed by atoms with Crippen molar-refractivity contribution in [3.05, 3.63) is 105 Å². The normalized spacial score (nSPS) is 23.5. The van der Waals surface area contributed by atoms with Gasteiger partial charge in [0.15, 0.2) is 0 Å². The van der Waals surface area contributed by atoms with Crippen LogP contribution in [0.1, 0.15) is 53.4 Å². The highest BCUT2D eigenvalue weighted by atomic mass is 16.4. The van der Waals surface area contributed by atoms with E-state index in [9.17, 15) is 34.8 Å². The largest absolute Gasteiger partial charge is 0.877 e. The molecule has 2 atom stereocenters. The first-order chi connectivity index (χ1) is 21.4. The van der Waals surface area contributed by atoms with E-state index < -0.39 is 30.2 Å². The van der Waals surface area contributed by atoms with Crippen molar-refractivity contribution in [1.29, 1.82) is 0 Å². The number of carbonyl (C=O) groups excluding carboxylic acids is 2. The van der Waals surface area contributed by atoms with Crippen LogP contribution in [0, 0.1) is 11.8 Å². The van der Waals surface area contributed by atoms with Gasteiger partial charge in [-0.1, -0.05) is 26.5 Å². The summed E-state index contributed by atoms with van der Waals surface area (Å²) >= 11 is 0. The molecular formula is C34H31N4O7-3. The van der Waals surface area contributed by atoms with Crippen molar-refractivity contribution in [2.45, 2.75) is 53.4 Å². The highest BCUT2D eigenvalue weighted by molar-refractivity contribution is 6.30. The maximum atomic E-state index is 12.6. The number of rotatable bonds is 8. The second-order valence-electron chi connectivity index (χ2n) is 11.3. The van der Waals surface area contributed by atoms with Crippen LogP contribution < -0.4 is 20.6 Å². The molecule has 5 aliphatic heterocycles. The number of carboxylic acids is 3. The summed E-state index contributed by atoms with van der Waals surface area (Å²) in [4.78, 5) is 50.5. The van der Waals surface area contributed by atoms with E-state index in [1.807, 2.05) is 20.8 Å². The van der Waals surface area contributed by atoms with E-state index in [0.29, 0.717) is 51.8 Å². The third-order valence-electron chi connectivity index (χ3n) is 8.75. The number of hydrogen-bond donors (Lipinski definition) is 2. The van der Waals surface area contributed by atoms with E-state index in [1.54, 1.807) is 31.2 Å². The van der Waals surface area contributed by atoms with Gasteiger partial charge in [0.1, 0.15) is 0 Å². The maximum Gasteiger partial charge on any atom is 0.338 e. The third kappa shape index (κ3) is 5.45. The van der Waals surface area contributed by atoms with Crippen LogP contribution in [0.2, 0.25) is 0 Å². The lowest BCUT2D eigenvalue weighted by Gasteiger charge is -2.20. The SMILES string of the molecule is C=CC1=C(C)C2=NC1=CC1=NC(=C(CC)C1=C[O-])C=C1N=C(C(CC(=O)[O-])=C3NC(=C2)[C@@H](C)[C@@H]3CCC(=O)[O-])C(C(=O)O)=C1C. The summed E-state index contributed by atoms with van der Waals surface area (Å²) in [5.74, 6) is -4.92. The fraction of sp³-hybridized carbons (Fsp3) is 0.294. The van der Waals surface area contributed by atoms with Crippen LogP contribution in [0.5, 0.6) is 0 Å². The number of allylic oxidation sites excluding steroid dienone is 10. The molecule has 45 heavy (non-hydrogen) atoms. The van der Waals surface area contributed by atoms with E-state index in [0.717, 1.165) is 17.4 Å². The van der Waals surface area contributed by atoms with Crippen molar-refractivity contribution < 1.29 is 34.8 Å². The Hall–Kier alpha value is -5.32. The minimum atomic E-state index is -1.46. The number of carbonyl (C=O) groups is 3. The zero-order chi connectivity index (χ0) is 32.7. The molecule has 232 valence electrons. The molecule has 0 spiro atoms. The minimum Gasteiger partial charge on any atom is -0.877 e. The third-order valence-corrected chi connectivity index (χ3v) is 8.75. The van der Waals surface area contributed by atoms with Crippen LogP contribution in [0.3, 0.4) is 0 Å². The fourth-order valence-corrected chi connectivity index (χ4v) is 6.40. The molecule has 11 heteroatoms. The summed E-state index contributed by atoms with van der Waals surface area (Å²) in [5.41, 5.74) is 5.79. The van der Waals surface area contributed by atoms with Crippen LogP contribution in [0.15, 0.2) is 120 Å². The van der Waals surface area contributed by atoms with E-state index in [-0.39, 0.29) is 46.9 Å². The average Bonchev–Trinajstić information content (AvgIpc) is 3.67. The molecule has 1 fully saturated rings. The topological polar surface area (TPSA) is 190 Å². The van der Waals surface area contributed by atoms with Crippen molar-refractivity contribution in [3.63, 3.8) is 0 Å². The Kier molecular flexibility index (Phi) is 8.29. The molecule has 2 N–H and O–H groups in total. The summed E-state index contributed by atoms with van der Waals surface area (Å²) in [6.45, 7) is 11.1. The zero-order valence-electron chi connectivity index (χ0n) is 25.3. The fourth-order valence-electron chi connectivity index (χ4n) is 6.40. The molecule has 11 nitrogen and oxygen atoms in total. The van der Waals surface area contributed by atoms with Crippen LogP contribution in [0.4, 0.5) is 0 Å². The first-order valence-corrected chi connectivity index (χ1v) is 14.6. The van der Waals surface area contributed by atoms with E-state index in [2.05, 4.69) is 16.9 Å². The lowest BCUT2D eigenvalue weighted by atomic mass is 9.84. The highest BCUT2D eigenvalue weighted by Gasteiger charge is 2.39. The predicted molar refractivity (Wildman–Crippen MR) is 162 cm³/mol. The van der Waals surface area contributed by atoms with Gasteiger partial charge in [-0.15, -0.1) is 6.26 Å². The van der Waals surface area contributed by atoms with Gasteiger partial charge >= 0.3 is 5.97 Å². The Morgan fingerprint density at radius 1 is 1.00 bits per heavy atom. The smallest absolute Gasteiger partial charge is 0.338 e. The quantitative estimate of drug-likeness (QED) is 0.389. The summed E-state index contributed by atoms with van der Waals surface area (Å²) < 4.78 is 0. The van der Waals surface area contributed by atoms with Crippen molar-refractivity contribution in [1.82, 2.24) is 5.32 Å². The first-order valence-electron chi connectivity index (χ1n) is 14.6. The number of hydrogen-bond acceptors (Lipinski definition) is 10. The van der Waals surface area contributed by atoms with Crippen LogP contribution in [-0.4, -0.2) is 40.1 Å². The minimum absolute atomic E-state index is 0.0669. The summed E-state index contributed by atoms with van der Waals surface area (Å²) in [5, 5.41) is 49.6. The summed E-state index contributed by atoms with van der Waals surface area (Å²) in [7, 11) is 0. The molecule has 5 heterocycles. The van der Waals surface area contributed by atoms with Crippen LogP contribution in [0.25, 0.3) is 0 Å². The molecule has 0 amide bonds. The molecule has 0 aromatic carbocycles. The maximum absolute atomic E-state index is 12.6. The summed E-state index contributed by atoms with van der Waals surface area (Å²) in [6.07, 6.45) is 7.07. The average molecular weight is 608 g/mol. The van der Waals surface area contributed by atoms with Crippen LogP contribution >= 0.6 is 0 Å². The van der Waals surface area contributed by atoms with Gasteiger partial charge in [0, 0.05) is 52.7 Å².